The van der Waals surface area contributed by atoms with E-state index in [9.17, 15) is 9.59 Å². The highest BCUT2D eigenvalue weighted by atomic mass is 32.2. The van der Waals surface area contributed by atoms with E-state index >= 15 is 0 Å². The summed E-state index contributed by atoms with van der Waals surface area (Å²) in [6.07, 6.45) is 1.65. The van der Waals surface area contributed by atoms with Crippen LogP contribution in [-0.4, -0.2) is 38.9 Å². The Labute approximate surface area is 158 Å². The summed E-state index contributed by atoms with van der Waals surface area (Å²) in [4.78, 5) is 24.6. The van der Waals surface area contributed by atoms with Gasteiger partial charge < -0.3 is 15.2 Å². The molecule has 2 aromatic rings. The third-order valence-electron chi connectivity index (χ3n) is 3.55. The van der Waals surface area contributed by atoms with E-state index in [1.54, 1.807) is 30.6 Å². The lowest BCUT2D eigenvalue weighted by molar-refractivity contribution is -0.113. The topological polar surface area (TPSA) is 88.9 Å². The molecule has 2 N–H and O–H groups in total. The van der Waals surface area contributed by atoms with Crippen molar-refractivity contribution >= 4 is 29.3 Å². The largest absolute Gasteiger partial charge is 0.352 e. The number of aromatic nitrogens is 3. The van der Waals surface area contributed by atoms with E-state index in [2.05, 4.69) is 20.8 Å². The molecular weight excluding hydrogens is 350 g/mol. The zero-order valence-corrected chi connectivity index (χ0v) is 16.3. The molecule has 0 aliphatic heterocycles. The number of rotatable bonds is 8. The molecule has 0 saturated carbocycles. The van der Waals surface area contributed by atoms with Crippen LogP contribution in [0.1, 0.15) is 44.1 Å². The van der Waals surface area contributed by atoms with E-state index in [4.69, 9.17) is 0 Å². The van der Waals surface area contributed by atoms with Crippen LogP contribution in [0.2, 0.25) is 0 Å². The Hall–Kier alpha value is -2.35. The number of carbonyl (C=O) groups excluding carboxylic acids is 2. The highest BCUT2D eigenvalue weighted by molar-refractivity contribution is 7.99. The van der Waals surface area contributed by atoms with Gasteiger partial charge in [-0.05, 0) is 31.9 Å². The first-order valence-electron chi connectivity index (χ1n) is 8.57. The quantitative estimate of drug-likeness (QED) is 0.693. The predicted octanol–water partition coefficient (Wildman–Crippen LogP) is 2.98. The SMILES string of the molecule is CC(C)CNC(=O)c1ccccc1NC(=O)CSc1nncn1C(C)C. The first kappa shape index (κ1) is 20.0. The third-order valence-corrected chi connectivity index (χ3v) is 4.50. The molecule has 0 saturated heterocycles. The van der Waals surface area contributed by atoms with Crippen LogP contribution in [-0.2, 0) is 4.79 Å². The Morgan fingerprint density at radius 3 is 2.62 bits per heavy atom. The molecular formula is C18H25N5O2S. The number of nitrogens with one attached hydrogen (secondary N) is 2. The van der Waals surface area contributed by atoms with Crippen LogP contribution in [0.25, 0.3) is 0 Å². The van der Waals surface area contributed by atoms with Crippen molar-refractivity contribution in [1.82, 2.24) is 20.1 Å². The molecule has 8 heteroatoms. The molecule has 0 atom stereocenters. The molecule has 0 aliphatic carbocycles. The van der Waals surface area contributed by atoms with Gasteiger partial charge in [0.2, 0.25) is 5.91 Å². The summed E-state index contributed by atoms with van der Waals surface area (Å²) in [6, 6.07) is 7.22. The number of anilines is 1. The maximum atomic E-state index is 12.3. The minimum absolute atomic E-state index is 0.188. The van der Waals surface area contributed by atoms with Crippen LogP contribution in [0.5, 0.6) is 0 Å². The minimum atomic E-state index is -0.197. The average molecular weight is 375 g/mol. The first-order chi connectivity index (χ1) is 12.4. The van der Waals surface area contributed by atoms with Gasteiger partial charge in [-0.25, -0.2) is 0 Å². The summed E-state index contributed by atoms with van der Waals surface area (Å²) in [7, 11) is 0. The Morgan fingerprint density at radius 2 is 1.92 bits per heavy atom. The third kappa shape index (κ3) is 5.59. The Morgan fingerprint density at radius 1 is 1.19 bits per heavy atom. The molecule has 0 aliphatic rings. The fourth-order valence-corrected chi connectivity index (χ4v) is 3.03. The normalized spacial score (nSPS) is 11.0. The van der Waals surface area contributed by atoms with E-state index in [1.807, 2.05) is 32.3 Å². The Balaban J connectivity index is 1.98. The van der Waals surface area contributed by atoms with E-state index in [1.165, 1.54) is 11.8 Å². The van der Waals surface area contributed by atoms with Crippen LogP contribution in [0, 0.1) is 5.92 Å². The standard InChI is InChI=1S/C18H25N5O2S/c1-12(2)9-19-17(25)14-7-5-6-8-15(14)21-16(24)10-26-18-22-20-11-23(18)13(3)4/h5-8,11-13H,9-10H2,1-4H3,(H,19,25)(H,21,24). The highest BCUT2D eigenvalue weighted by Gasteiger charge is 2.15. The number of nitrogens with zero attached hydrogens (tertiary/aromatic N) is 3. The summed E-state index contributed by atoms with van der Waals surface area (Å²) in [5.41, 5.74) is 0.960. The minimum Gasteiger partial charge on any atom is -0.352 e. The molecule has 1 aromatic carbocycles. The van der Waals surface area contributed by atoms with Crippen LogP contribution in [0.15, 0.2) is 35.7 Å². The van der Waals surface area contributed by atoms with Gasteiger partial charge in [-0.1, -0.05) is 37.7 Å². The van der Waals surface area contributed by atoms with E-state index in [0.29, 0.717) is 28.9 Å². The van der Waals surface area contributed by atoms with Crippen molar-refractivity contribution in [2.75, 3.05) is 17.6 Å². The summed E-state index contributed by atoms with van der Waals surface area (Å²) in [5.74, 6) is 0.155. The second-order valence-corrected chi connectivity index (χ2v) is 7.54. The van der Waals surface area contributed by atoms with Gasteiger partial charge in [0, 0.05) is 12.6 Å². The second-order valence-electron chi connectivity index (χ2n) is 6.60. The van der Waals surface area contributed by atoms with Gasteiger partial charge in [0.25, 0.3) is 5.91 Å². The van der Waals surface area contributed by atoms with Crippen molar-refractivity contribution in [2.24, 2.45) is 5.92 Å². The maximum absolute atomic E-state index is 12.3. The number of thioether (sulfide) groups is 1. The predicted molar refractivity (Wildman–Crippen MR) is 103 cm³/mol. The van der Waals surface area contributed by atoms with Crippen molar-refractivity contribution < 1.29 is 9.59 Å². The zero-order chi connectivity index (χ0) is 19.1. The molecule has 0 unspecified atom stereocenters. The molecule has 0 fully saturated rings. The van der Waals surface area contributed by atoms with Gasteiger partial charge >= 0.3 is 0 Å². The fraction of sp³-hybridized carbons (Fsp3) is 0.444. The molecule has 26 heavy (non-hydrogen) atoms. The van der Waals surface area contributed by atoms with Crippen molar-refractivity contribution in [1.29, 1.82) is 0 Å². The summed E-state index contributed by atoms with van der Waals surface area (Å²) >= 11 is 1.31. The lowest BCUT2D eigenvalue weighted by atomic mass is 10.1. The summed E-state index contributed by atoms with van der Waals surface area (Å²) in [5, 5.41) is 14.3. The molecule has 0 bridgehead atoms. The second kappa shape index (κ2) is 9.38. The number of benzene rings is 1. The number of para-hydroxylation sites is 1. The van der Waals surface area contributed by atoms with Gasteiger partial charge in [-0.15, -0.1) is 10.2 Å². The maximum Gasteiger partial charge on any atom is 0.253 e. The monoisotopic (exact) mass is 375 g/mol. The molecule has 2 amide bonds. The molecule has 140 valence electrons. The molecule has 0 spiro atoms. The highest BCUT2D eigenvalue weighted by Crippen LogP contribution is 2.20. The van der Waals surface area contributed by atoms with Crippen LogP contribution in [0.4, 0.5) is 5.69 Å². The van der Waals surface area contributed by atoms with E-state index in [0.717, 1.165) is 0 Å². The number of hydrogen-bond donors (Lipinski definition) is 2. The van der Waals surface area contributed by atoms with Crippen molar-refractivity contribution in [3.8, 4) is 0 Å². The van der Waals surface area contributed by atoms with E-state index < -0.39 is 0 Å². The summed E-state index contributed by atoms with van der Waals surface area (Å²) < 4.78 is 1.91. The number of hydrogen-bond acceptors (Lipinski definition) is 5. The molecule has 7 nitrogen and oxygen atoms in total. The Kier molecular flexibility index (Phi) is 7.20. The lowest BCUT2D eigenvalue weighted by Gasteiger charge is -2.13. The number of amides is 2. The average Bonchev–Trinajstić information content (AvgIpc) is 3.07. The Bertz CT molecular complexity index is 758. The van der Waals surface area contributed by atoms with Crippen LogP contribution in [0.3, 0.4) is 0 Å². The molecule has 1 heterocycles. The summed E-state index contributed by atoms with van der Waals surface area (Å²) in [6.45, 7) is 8.70. The van der Waals surface area contributed by atoms with Gasteiger partial charge in [0.1, 0.15) is 6.33 Å². The van der Waals surface area contributed by atoms with Gasteiger partial charge in [-0.2, -0.15) is 0 Å². The smallest absolute Gasteiger partial charge is 0.253 e. The van der Waals surface area contributed by atoms with Gasteiger partial charge in [0.15, 0.2) is 5.16 Å². The van der Waals surface area contributed by atoms with Crippen LogP contribution < -0.4 is 10.6 Å². The van der Waals surface area contributed by atoms with Crippen molar-refractivity contribution in [3.05, 3.63) is 36.2 Å². The first-order valence-corrected chi connectivity index (χ1v) is 9.56. The molecule has 0 radical (unpaired) electrons. The molecule has 1 aromatic heterocycles. The molecule has 2 rings (SSSR count). The lowest BCUT2D eigenvalue weighted by Crippen LogP contribution is -2.28. The zero-order valence-electron chi connectivity index (χ0n) is 15.5. The van der Waals surface area contributed by atoms with Crippen molar-refractivity contribution in [2.45, 2.75) is 38.9 Å². The van der Waals surface area contributed by atoms with Gasteiger partial charge in [-0.3, -0.25) is 9.59 Å². The fourth-order valence-electron chi connectivity index (χ4n) is 2.19. The van der Waals surface area contributed by atoms with Gasteiger partial charge in [0.05, 0.1) is 17.0 Å². The van der Waals surface area contributed by atoms with Crippen LogP contribution >= 0.6 is 11.8 Å². The van der Waals surface area contributed by atoms with E-state index in [-0.39, 0.29) is 23.6 Å². The van der Waals surface area contributed by atoms with Crippen molar-refractivity contribution in [3.63, 3.8) is 0 Å². The number of carbonyl (C=O) groups is 2.